The van der Waals surface area contributed by atoms with E-state index >= 15 is 0 Å². The number of methoxy groups -OCH3 is 1. The molecule has 0 aliphatic carbocycles. The minimum Gasteiger partial charge on any atom is -0.460 e. The minimum absolute atomic E-state index is 0.147. The molecule has 0 saturated heterocycles. The maximum Gasteiger partial charge on any atom is 0.432 e. The first-order valence-corrected chi connectivity index (χ1v) is 14.6. The number of alkyl halides is 3. The fraction of sp³-hybridized carbons (Fsp3) is 0.667. The van der Waals surface area contributed by atoms with Crippen molar-refractivity contribution in [1.29, 1.82) is 0 Å². The van der Waals surface area contributed by atoms with Crippen molar-refractivity contribution in [3.63, 3.8) is 0 Å². The molecule has 2 atom stereocenters. The third-order valence-electron chi connectivity index (χ3n) is 7.41. The van der Waals surface area contributed by atoms with Crippen LogP contribution in [0.25, 0.3) is 10.8 Å². The zero-order chi connectivity index (χ0) is 31.9. The van der Waals surface area contributed by atoms with Crippen LogP contribution in [0.1, 0.15) is 128 Å². The third kappa shape index (κ3) is 9.81. The number of fused-ring (bicyclic) bond motifs is 1. The number of unbranched alkanes of at least 4 members (excludes halogenated alkanes) is 10. The highest BCUT2D eigenvalue weighted by Gasteiger charge is 2.64. The predicted molar refractivity (Wildman–Crippen MR) is 154 cm³/mol. The molecule has 0 N–H and O–H groups in total. The van der Waals surface area contributed by atoms with Gasteiger partial charge in [0.1, 0.15) is 6.10 Å². The molecule has 0 aromatic heterocycles. The van der Waals surface area contributed by atoms with Gasteiger partial charge in [-0.15, -0.1) is 0 Å². The summed E-state index contributed by atoms with van der Waals surface area (Å²) in [6.45, 7) is 0.625. The molecule has 39 heavy (non-hydrogen) atoms. The maximum absolute atomic E-state index is 14.8. The van der Waals surface area contributed by atoms with Crippen molar-refractivity contribution in [3.05, 3.63) is 48.0 Å². The Labute approximate surface area is 239 Å². The van der Waals surface area contributed by atoms with Crippen molar-refractivity contribution in [1.82, 2.24) is 0 Å². The predicted octanol–water partition coefficient (Wildman–Crippen LogP) is 10.4. The van der Waals surface area contributed by atoms with Crippen LogP contribution in [-0.2, 0) is 19.9 Å². The second-order valence-corrected chi connectivity index (χ2v) is 10.4. The summed E-state index contributed by atoms with van der Waals surface area (Å²) in [5.41, 5.74) is -3.55. The van der Waals surface area contributed by atoms with E-state index in [-0.39, 0.29) is 17.4 Å². The fourth-order valence-electron chi connectivity index (χ4n) is 5.17. The molecule has 0 radical (unpaired) electrons. The molecule has 0 heterocycles. The van der Waals surface area contributed by atoms with E-state index in [1.54, 1.807) is 30.3 Å². The smallest absolute Gasteiger partial charge is 0.432 e. The van der Waals surface area contributed by atoms with Crippen LogP contribution in [0.15, 0.2) is 42.5 Å². The highest BCUT2D eigenvalue weighted by molar-refractivity contribution is 5.93. The molecule has 0 aliphatic heterocycles. The summed E-state index contributed by atoms with van der Waals surface area (Å²) >= 11 is 0. The molecule has 0 saturated carbocycles. The number of halogens is 3. The van der Waals surface area contributed by atoms with E-state index in [1.807, 2.05) is 0 Å². The average molecular weight is 555 g/mol. The quantitative estimate of drug-likeness (QED) is 0.121. The Kier molecular flexibility index (Phi) is 12.2. The number of carbonyl (C=O) groups is 1. The van der Waals surface area contributed by atoms with Crippen LogP contribution in [0.4, 0.5) is 13.2 Å². The van der Waals surface area contributed by atoms with Crippen LogP contribution < -0.4 is 0 Å². The number of ether oxygens (including phenoxy) is 2. The Hall–Kier alpha value is -2.08. The number of rotatable bonds is 20. The molecule has 0 amide bonds. The fourth-order valence-corrected chi connectivity index (χ4v) is 5.17. The van der Waals surface area contributed by atoms with E-state index in [0.29, 0.717) is 31.1 Å². The molecule has 2 rings (SSSR count). The summed E-state index contributed by atoms with van der Waals surface area (Å²) < 4.78 is 85.3. The number of carbonyl (C=O) groups excluding carboxylic acids is 1. The Bertz CT molecular complexity index is 1090. The van der Waals surface area contributed by atoms with Crippen molar-refractivity contribution in [3.8, 4) is 0 Å². The van der Waals surface area contributed by atoms with Gasteiger partial charge >= 0.3 is 12.1 Å². The third-order valence-corrected chi connectivity index (χ3v) is 7.41. The molecule has 2 aromatic carbocycles. The van der Waals surface area contributed by atoms with Gasteiger partial charge in [0, 0.05) is 18.2 Å². The molecule has 6 heteroatoms. The average Bonchev–Trinajstić information content (AvgIpc) is 2.95. The Balaban J connectivity index is 2.13. The Morgan fingerprint density at radius 1 is 0.846 bits per heavy atom. The molecule has 220 valence electrons. The lowest BCUT2D eigenvalue weighted by molar-refractivity contribution is -0.278. The highest BCUT2D eigenvalue weighted by Crippen LogP contribution is 2.45. The van der Waals surface area contributed by atoms with Gasteiger partial charge in [-0.1, -0.05) is 133 Å². The minimum atomic E-state index is -5.06. The zero-order valence-corrected chi connectivity index (χ0v) is 23.7. The molecular formula is C33H49F3O3. The first-order chi connectivity index (χ1) is 20.4. The van der Waals surface area contributed by atoms with Gasteiger partial charge in [0.25, 0.3) is 5.60 Å². The summed E-state index contributed by atoms with van der Waals surface area (Å²) in [6.07, 6.45) is 4.27. The SMILES string of the molecule is [2H]C([2H])C([2H])([2H])CCCCCCCC(CCCCCCCCC)OC(=O)[C@](OC)(c1cccc2ccccc12)C(F)(F)F. The van der Waals surface area contributed by atoms with E-state index in [2.05, 4.69) is 6.92 Å². The molecular weight excluding hydrogens is 501 g/mol. The zero-order valence-electron chi connectivity index (χ0n) is 27.7. The van der Waals surface area contributed by atoms with Crippen molar-refractivity contribution >= 4 is 16.7 Å². The lowest BCUT2D eigenvalue weighted by Crippen LogP contribution is -2.52. The normalized spacial score (nSPS) is 16.3. The van der Waals surface area contributed by atoms with Crippen molar-refractivity contribution in [2.24, 2.45) is 0 Å². The molecule has 0 aliphatic rings. The van der Waals surface area contributed by atoms with Crippen LogP contribution in [0.5, 0.6) is 0 Å². The number of hydrogen-bond acceptors (Lipinski definition) is 3. The topological polar surface area (TPSA) is 35.5 Å². The van der Waals surface area contributed by atoms with Crippen LogP contribution in [0.3, 0.4) is 0 Å². The van der Waals surface area contributed by atoms with E-state index in [9.17, 15) is 18.0 Å². The van der Waals surface area contributed by atoms with E-state index in [0.717, 1.165) is 64.9 Å². The Morgan fingerprint density at radius 2 is 1.41 bits per heavy atom. The number of benzene rings is 2. The second-order valence-electron chi connectivity index (χ2n) is 10.4. The monoisotopic (exact) mass is 554 g/mol. The van der Waals surface area contributed by atoms with Gasteiger partial charge in [-0.3, -0.25) is 0 Å². The van der Waals surface area contributed by atoms with Gasteiger partial charge in [0.05, 0.1) is 0 Å². The lowest BCUT2D eigenvalue weighted by atomic mass is 9.88. The largest absolute Gasteiger partial charge is 0.460 e. The molecule has 0 spiro atoms. The molecule has 0 fully saturated rings. The van der Waals surface area contributed by atoms with Gasteiger partial charge < -0.3 is 9.47 Å². The van der Waals surface area contributed by atoms with Crippen LogP contribution in [0.2, 0.25) is 0 Å². The summed E-state index contributed by atoms with van der Waals surface area (Å²) in [4.78, 5) is 13.6. The van der Waals surface area contributed by atoms with Crippen LogP contribution in [-0.4, -0.2) is 25.4 Å². The van der Waals surface area contributed by atoms with Crippen molar-refractivity contribution < 1.29 is 32.9 Å². The van der Waals surface area contributed by atoms with Gasteiger partial charge in [-0.05, 0) is 36.5 Å². The van der Waals surface area contributed by atoms with Crippen LogP contribution >= 0.6 is 0 Å². The van der Waals surface area contributed by atoms with Gasteiger partial charge in [0.2, 0.25) is 0 Å². The summed E-state index contributed by atoms with van der Waals surface area (Å²) in [5, 5.41) is 0.837. The summed E-state index contributed by atoms with van der Waals surface area (Å²) in [7, 11) is 0.897. The van der Waals surface area contributed by atoms with E-state index < -0.39 is 37.1 Å². The standard InChI is InChI=1S/C33H49F3O3/c1-4-6-8-10-12-14-16-23-28(24-17-15-13-11-9-7-5-2)39-31(37)32(38-3,33(34,35)36)30-26-20-22-27-21-18-19-25-29(27)30/h18-22,25-26,28H,4-17,23-24H2,1-3H3/t32-/m1/s1/i1D2,4D2/t28?,32-. The molecule has 3 nitrogen and oxygen atoms in total. The molecule has 2 aromatic rings. The number of hydrogen-bond donors (Lipinski definition) is 0. The summed E-state index contributed by atoms with van der Waals surface area (Å²) in [5.74, 6) is -1.45. The first-order valence-electron chi connectivity index (χ1n) is 16.7. The highest BCUT2D eigenvalue weighted by atomic mass is 19.4. The lowest BCUT2D eigenvalue weighted by Gasteiger charge is -2.34. The van der Waals surface area contributed by atoms with Gasteiger partial charge in [0.15, 0.2) is 0 Å². The second kappa shape index (κ2) is 17.6. The Morgan fingerprint density at radius 3 is 2.00 bits per heavy atom. The number of esters is 1. The maximum atomic E-state index is 14.8. The van der Waals surface area contributed by atoms with E-state index in [4.69, 9.17) is 15.0 Å². The van der Waals surface area contributed by atoms with Crippen molar-refractivity contribution in [2.75, 3.05) is 7.11 Å². The van der Waals surface area contributed by atoms with Crippen LogP contribution in [0, 0.1) is 0 Å². The molecule has 1 unspecified atom stereocenters. The van der Waals surface area contributed by atoms with E-state index in [1.165, 1.54) is 18.6 Å². The van der Waals surface area contributed by atoms with Crippen molar-refractivity contribution in [2.45, 2.75) is 134 Å². The van der Waals surface area contributed by atoms with Gasteiger partial charge in [-0.2, -0.15) is 13.2 Å². The first kappa shape index (κ1) is 27.1. The molecule has 0 bridgehead atoms. The van der Waals surface area contributed by atoms with Gasteiger partial charge in [-0.25, -0.2) is 4.79 Å². The summed E-state index contributed by atoms with van der Waals surface area (Å²) in [6, 6.07) is 11.0.